The molecule has 1 heterocycles. The summed E-state index contributed by atoms with van der Waals surface area (Å²) in [6, 6.07) is 22.4. The third-order valence-corrected chi connectivity index (χ3v) is 5.89. The molecule has 0 saturated carbocycles. The van der Waals surface area contributed by atoms with Gasteiger partial charge in [-0.05, 0) is 41.7 Å². The van der Waals surface area contributed by atoms with E-state index in [1.54, 1.807) is 36.4 Å². The summed E-state index contributed by atoms with van der Waals surface area (Å²) in [5.74, 6) is -1.12. The number of rotatable bonds is 5. The Morgan fingerprint density at radius 2 is 1.72 bits per heavy atom. The maximum Gasteiger partial charge on any atom is 0.326 e. The van der Waals surface area contributed by atoms with Crippen molar-refractivity contribution in [3.63, 3.8) is 0 Å². The molecule has 0 radical (unpaired) electrons. The van der Waals surface area contributed by atoms with Crippen molar-refractivity contribution >= 4 is 11.9 Å². The molecule has 0 bridgehead atoms. The zero-order chi connectivity index (χ0) is 22.7. The number of carbonyl (C=O) groups excluding carboxylic acids is 1. The van der Waals surface area contributed by atoms with Crippen LogP contribution in [0.3, 0.4) is 0 Å². The summed E-state index contributed by atoms with van der Waals surface area (Å²) in [5.41, 5.74) is 2.90. The normalized spacial score (nSPS) is 17.6. The number of aliphatic carboxylic acids is 1. The summed E-state index contributed by atoms with van der Waals surface area (Å²) in [7, 11) is 1.49. The number of ether oxygens (including phenoxy) is 1. The highest BCUT2D eigenvalue weighted by Gasteiger charge is 2.43. The first-order valence-electron chi connectivity index (χ1n) is 10.3. The summed E-state index contributed by atoms with van der Waals surface area (Å²) in [6.07, 6.45) is 0.762. The highest BCUT2D eigenvalue weighted by molar-refractivity contribution is 6.05. The molecule has 1 aliphatic heterocycles. The van der Waals surface area contributed by atoms with Crippen LogP contribution < -0.4 is 4.74 Å². The van der Waals surface area contributed by atoms with E-state index >= 15 is 0 Å². The van der Waals surface area contributed by atoms with Crippen molar-refractivity contribution < 1.29 is 19.4 Å². The monoisotopic (exact) mass is 426 g/mol. The fourth-order valence-electron chi connectivity index (χ4n) is 4.44. The summed E-state index contributed by atoms with van der Waals surface area (Å²) < 4.78 is 5.52. The van der Waals surface area contributed by atoms with Crippen LogP contribution in [0.5, 0.6) is 5.75 Å². The molecule has 1 aliphatic rings. The van der Waals surface area contributed by atoms with E-state index in [0.717, 1.165) is 5.56 Å². The maximum absolute atomic E-state index is 14.0. The van der Waals surface area contributed by atoms with E-state index in [-0.39, 0.29) is 0 Å². The number of hydrogen-bond acceptors (Lipinski definition) is 4. The van der Waals surface area contributed by atoms with Gasteiger partial charge in [-0.2, -0.15) is 5.26 Å². The van der Waals surface area contributed by atoms with Crippen molar-refractivity contribution in [1.29, 1.82) is 5.26 Å². The van der Waals surface area contributed by atoms with Gasteiger partial charge in [0, 0.05) is 0 Å². The Bertz CT molecular complexity index is 1200. The van der Waals surface area contributed by atoms with Crippen molar-refractivity contribution in [3.8, 4) is 22.9 Å². The van der Waals surface area contributed by atoms with Gasteiger partial charge in [0.1, 0.15) is 11.8 Å². The largest absolute Gasteiger partial charge is 0.496 e. The molecule has 1 saturated heterocycles. The van der Waals surface area contributed by atoms with Crippen molar-refractivity contribution in [1.82, 2.24) is 4.90 Å². The van der Waals surface area contributed by atoms with Gasteiger partial charge in [0.05, 0.1) is 30.3 Å². The fourth-order valence-corrected chi connectivity index (χ4v) is 4.44. The fraction of sp³-hybridized carbons (Fsp3) is 0.192. The van der Waals surface area contributed by atoms with Crippen LogP contribution in [0.25, 0.3) is 11.1 Å². The standard InChI is InChI=1S/C26H22N2O4/c1-32-23-13-7-12-20(17-8-3-2-4-9-17)24(23)25(29)28-21(14-15-22(28)26(30)31)19-11-6-5-10-18(19)16-27/h2-13,21-22H,14-15H2,1H3,(H,30,31). The third-order valence-electron chi connectivity index (χ3n) is 5.89. The lowest BCUT2D eigenvalue weighted by atomic mass is 9.95. The van der Waals surface area contributed by atoms with Crippen molar-refractivity contribution in [3.05, 3.63) is 89.5 Å². The van der Waals surface area contributed by atoms with E-state index in [4.69, 9.17) is 4.74 Å². The maximum atomic E-state index is 14.0. The molecule has 1 amide bonds. The van der Waals surface area contributed by atoms with Crippen molar-refractivity contribution in [2.24, 2.45) is 0 Å². The van der Waals surface area contributed by atoms with Crippen LogP contribution in [0.1, 0.15) is 40.4 Å². The second-order valence-electron chi connectivity index (χ2n) is 7.61. The highest BCUT2D eigenvalue weighted by Crippen LogP contribution is 2.41. The van der Waals surface area contributed by atoms with Crippen LogP contribution in [0, 0.1) is 11.3 Å². The third kappa shape index (κ3) is 3.69. The van der Waals surface area contributed by atoms with Crippen LogP contribution in [0.4, 0.5) is 0 Å². The van der Waals surface area contributed by atoms with E-state index in [1.165, 1.54) is 12.0 Å². The quantitative estimate of drug-likeness (QED) is 0.641. The zero-order valence-electron chi connectivity index (χ0n) is 17.6. The first-order valence-corrected chi connectivity index (χ1v) is 10.3. The first kappa shape index (κ1) is 21.1. The lowest BCUT2D eigenvalue weighted by Gasteiger charge is -2.30. The summed E-state index contributed by atoms with van der Waals surface area (Å²) in [5, 5.41) is 19.5. The van der Waals surface area contributed by atoms with Gasteiger partial charge in [-0.15, -0.1) is 0 Å². The molecule has 1 fully saturated rings. The topological polar surface area (TPSA) is 90.6 Å². The van der Waals surface area contributed by atoms with Crippen LogP contribution in [-0.2, 0) is 4.79 Å². The molecular weight excluding hydrogens is 404 g/mol. The number of likely N-dealkylation sites (tertiary alicyclic amines) is 1. The number of benzene rings is 3. The van der Waals surface area contributed by atoms with Gasteiger partial charge in [0.2, 0.25) is 0 Å². The number of nitrogens with zero attached hydrogens (tertiary/aromatic N) is 2. The Labute approximate surface area is 186 Å². The second-order valence-corrected chi connectivity index (χ2v) is 7.61. The Balaban J connectivity index is 1.88. The molecule has 32 heavy (non-hydrogen) atoms. The average Bonchev–Trinajstić information content (AvgIpc) is 3.29. The Morgan fingerprint density at radius 3 is 2.41 bits per heavy atom. The number of carbonyl (C=O) groups is 2. The minimum absolute atomic E-state index is 0.307. The lowest BCUT2D eigenvalue weighted by molar-refractivity contribution is -0.141. The van der Waals surface area contributed by atoms with Gasteiger partial charge in [-0.1, -0.05) is 60.7 Å². The van der Waals surface area contributed by atoms with E-state index in [2.05, 4.69) is 6.07 Å². The van der Waals surface area contributed by atoms with Gasteiger partial charge in [-0.25, -0.2) is 4.79 Å². The second kappa shape index (κ2) is 8.94. The van der Waals surface area contributed by atoms with Crippen LogP contribution in [-0.4, -0.2) is 35.0 Å². The van der Waals surface area contributed by atoms with Gasteiger partial charge in [0.15, 0.2) is 0 Å². The van der Waals surface area contributed by atoms with Crippen LogP contribution in [0.2, 0.25) is 0 Å². The molecule has 2 unspecified atom stereocenters. The average molecular weight is 426 g/mol. The van der Waals surface area contributed by atoms with Gasteiger partial charge in [-0.3, -0.25) is 4.79 Å². The number of amides is 1. The predicted molar refractivity (Wildman–Crippen MR) is 119 cm³/mol. The zero-order valence-corrected chi connectivity index (χ0v) is 17.6. The van der Waals surface area contributed by atoms with Gasteiger partial charge >= 0.3 is 5.97 Å². The number of methoxy groups -OCH3 is 1. The van der Waals surface area contributed by atoms with E-state index in [0.29, 0.717) is 40.8 Å². The predicted octanol–water partition coefficient (Wildman–Crippen LogP) is 4.66. The van der Waals surface area contributed by atoms with Gasteiger partial charge < -0.3 is 14.7 Å². The van der Waals surface area contributed by atoms with Gasteiger partial charge in [0.25, 0.3) is 5.91 Å². The Kier molecular flexibility index (Phi) is 5.91. The molecule has 1 N–H and O–H groups in total. The molecule has 6 nitrogen and oxygen atoms in total. The smallest absolute Gasteiger partial charge is 0.326 e. The molecule has 160 valence electrons. The highest BCUT2D eigenvalue weighted by atomic mass is 16.5. The molecule has 6 heteroatoms. The molecule has 0 aliphatic carbocycles. The minimum atomic E-state index is -1.06. The van der Waals surface area contributed by atoms with Crippen LogP contribution >= 0.6 is 0 Å². The number of nitriles is 1. The first-order chi connectivity index (χ1) is 15.6. The molecule has 3 aromatic carbocycles. The van der Waals surface area contributed by atoms with E-state index in [9.17, 15) is 20.0 Å². The Hall–Kier alpha value is -4.11. The molecule has 3 aromatic rings. The molecule has 0 spiro atoms. The molecular formula is C26H22N2O4. The van der Waals surface area contributed by atoms with Crippen molar-refractivity contribution in [2.75, 3.05) is 7.11 Å². The van der Waals surface area contributed by atoms with Crippen molar-refractivity contribution in [2.45, 2.75) is 24.9 Å². The summed E-state index contributed by atoms with van der Waals surface area (Å²) in [6.45, 7) is 0. The SMILES string of the molecule is COc1cccc(-c2ccccc2)c1C(=O)N1C(C(=O)O)CCC1c1ccccc1C#N. The number of carboxylic acids is 1. The van der Waals surface area contributed by atoms with E-state index < -0.39 is 24.0 Å². The molecule has 2 atom stereocenters. The van der Waals surface area contributed by atoms with Crippen LogP contribution in [0.15, 0.2) is 72.8 Å². The molecule has 4 rings (SSSR count). The summed E-state index contributed by atoms with van der Waals surface area (Å²) in [4.78, 5) is 27.5. The molecule has 0 aromatic heterocycles. The van der Waals surface area contributed by atoms with E-state index in [1.807, 2.05) is 36.4 Å². The Morgan fingerprint density at radius 1 is 1.00 bits per heavy atom. The summed E-state index contributed by atoms with van der Waals surface area (Å²) >= 11 is 0. The lowest BCUT2D eigenvalue weighted by Crippen LogP contribution is -2.42. The number of carboxylic acid groups (broad SMARTS) is 1. The minimum Gasteiger partial charge on any atom is -0.496 e. The number of hydrogen-bond donors (Lipinski definition) is 1.